The Labute approximate surface area is 104 Å². The molecular weight excluding hydrogens is 232 g/mol. The number of hydrogen-bond acceptors (Lipinski definition) is 7. The molecule has 0 bridgehead atoms. The Morgan fingerprint density at radius 1 is 1.28 bits per heavy atom. The Kier molecular flexibility index (Phi) is 3.29. The molecule has 0 saturated carbocycles. The van der Waals surface area contributed by atoms with Crippen molar-refractivity contribution in [2.24, 2.45) is 0 Å². The van der Waals surface area contributed by atoms with Gasteiger partial charge in [0.2, 0.25) is 5.69 Å². The monoisotopic (exact) mass is 242 g/mol. The van der Waals surface area contributed by atoms with E-state index in [1.54, 1.807) is 6.07 Å². The lowest BCUT2D eigenvalue weighted by Gasteiger charge is -2.06. The van der Waals surface area contributed by atoms with Gasteiger partial charge in [-0.2, -0.15) is 10.2 Å². The first-order valence-corrected chi connectivity index (χ1v) is 5.09. The summed E-state index contributed by atoms with van der Waals surface area (Å²) in [7, 11) is 1.43. The van der Waals surface area contributed by atoms with Gasteiger partial charge >= 0.3 is 0 Å². The Morgan fingerprint density at radius 3 is 2.78 bits per heavy atom. The van der Waals surface area contributed by atoms with E-state index in [1.807, 2.05) is 13.0 Å². The number of aromatic nitrogens is 4. The molecule has 2 aromatic rings. The molecular formula is C11H10N6O. The van der Waals surface area contributed by atoms with Gasteiger partial charge in [0.15, 0.2) is 5.82 Å². The lowest BCUT2D eigenvalue weighted by atomic mass is 10.4. The second-order valence-electron chi connectivity index (χ2n) is 3.39. The lowest BCUT2D eigenvalue weighted by Crippen LogP contribution is -2.01. The maximum atomic E-state index is 8.79. The zero-order valence-electron chi connectivity index (χ0n) is 9.88. The molecule has 0 aliphatic rings. The molecule has 0 saturated heterocycles. The van der Waals surface area contributed by atoms with Crippen molar-refractivity contribution in [3.63, 3.8) is 0 Å². The summed E-state index contributed by atoms with van der Waals surface area (Å²) >= 11 is 0. The van der Waals surface area contributed by atoms with Crippen LogP contribution >= 0.6 is 0 Å². The van der Waals surface area contributed by atoms with Gasteiger partial charge in [0.05, 0.1) is 13.3 Å². The van der Waals surface area contributed by atoms with Crippen molar-refractivity contribution in [3.8, 4) is 11.9 Å². The van der Waals surface area contributed by atoms with Gasteiger partial charge in [0.1, 0.15) is 18.2 Å². The van der Waals surface area contributed by atoms with Crippen molar-refractivity contribution in [1.29, 1.82) is 5.26 Å². The number of nitrogens with one attached hydrogen (secondary N) is 1. The van der Waals surface area contributed by atoms with Crippen LogP contribution in [0, 0.1) is 18.3 Å². The van der Waals surface area contributed by atoms with E-state index in [-0.39, 0.29) is 11.6 Å². The molecule has 2 heterocycles. The smallest absolute Gasteiger partial charge is 0.252 e. The van der Waals surface area contributed by atoms with Crippen molar-refractivity contribution in [2.75, 3.05) is 12.4 Å². The predicted octanol–water partition coefficient (Wildman–Crippen LogP) is 1.20. The van der Waals surface area contributed by atoms with Gasteiger partial charge in [-0.25, -0.2) is 15.0 Å². The molecule has 0 radical (unpaired) electrons. The third kappa shape index (κ3) is 2.49. The summed E-state index contributed by atoms with van der Waals surface area (Å²) in [5.74, 6) is 1.22. The second kappa shape index (κ2) is 5.05. The quantitative estimate of drug-likeness (QED) is 0.863. The third-order valence-corrected chi connectivity index (χ3v) is 2.10. The van der Waals surface area contributed by atoms with Gasteiger partial charge in [-0.15, -0.1) is 0 Å². The fraction of sp³-hybridized carbons (Fsp3) is 0.182. The minimum absolute atomic E-state index is 0.141. The van der Waals surface area contributed by atoms with Gasteiger partial charge in [0, 0.05) is 11.8 Å². The van der Waals surface area contributed by atoms with Crippen LogP contribution in [0.25, 0.3) is 0 Å². The molecule has 0 amide bonds. The normalized spacial score (nSPS) is 9.61. The van der Waals surface area contributed by atoms with Crippen LogP contribution in [0.15, 0.2) is 18.6 Å². The molecule has 0 unspecified atom stereocenters. The van der Waals surface area contributed by atoms with Crippen molar-refractivity contribution >= 4 is 11.6 Å². The van der Waals surface area contributed by atoms with Crippen LogP contribution in [0.2, 0.25) is 0 Å². The summed E-state index contributed by atoms with van der Waals surface area (Å²) in [5, 5.41) is 11.7. The van der Waals surface area contributed by atoms with E-state index in [2.05, 4.69) is 25.3 Å². The fourth-order valence-electron chi connectivity index (χ4n) is 1.31. The van der Waals surface area contributed by atoms with E-state index in [1.165, 1.54) is 19.6 Å². The first kappa shape index (κ1) is 11.7. The minimum atomic E-state index is 0.141. The standard InChI is InChI=1S/C11H10N6O/c1-7-3-9(15-6-14-7)16-10-5-13-8(4-12)11(17-10)18-2/h3,5-6H,1-2H3,(H,14,15,16,17). The van der Waals surface area contributed by atoms with Crippen LogP contribution in [0.5, 0.6) is 5.88 Å². The number of ether oxygens (including phenoxy) is 1. The SMILES string of the molecule is COc1nc(Nc2cc(C)ncn2)cnc1C#N. The number of hydrogen-bond donors (Lipinski definition) is 1. The summed E-state index contributed by atoms with van der Waals surface area (Å²) in [6.45, 7) is 1.86. The summed E-state index contributed by atoms with van der Waals surface area (Å²) in [6, 6.07) is 3.66. The molecule has 0 aliphatic carbocycles. The minimum Gasteiger partial charge on any atom is -0.479 e. The van der Waals surface area contributed by atoms with Crippen LogP contribution in [0.4, 0.5) is 11.6 Å². The molecule has 18 heavy (non-hydrogen) atoms. The third-order valence-electron chi connectivity index (χ3n) is 2.10. The van der Waals surface area contributed by atoms with E-state index in [4.69, 9.17) is 10.00 Å². The summed E-state index contributed by atoms with van der Waals surface area (Å²) in [4.78, 5) is 16.1. The molecule has 0 fully saturated rings. The Hall–Kier alpha value is -2.75. The maximum Gasteiger partial charge on any atom is 0.252 e. The zero-order valence-corrected chi connectivity index (χ0v) is 9.88. The average Bonchev–Trinajstić information content (AvgIpc) is 2.38. The number of aryl methyl sites for hydroxylation is 1. The van der Waals surface area contributed by atoms with Crippen molar-refractivity contribution in [1.82, 2.24) is 19.9 Å². The maximum absolute atomic E-state index is 8.79. The first-order chi connectivity index (χ1) is 8.72. The largest absolute Gasteiger partial charge is 0.479 e. The number of nitriles is 1. The molecule has 0 atom stereocenters. The highest BCUT2D eigenvalue weighted by molar-refractivity contribution is 5.52. The van der Waals surface area contributed by atoms with Crippen molar-refractivity contribution in [3.05, 3.63) is 30.0 Å². The summed E-state index contributed by atoms with van der Waals surface area (Å²) in [6.07, 6.45) is 2.89. The van der Waals surface area contributed by atoms with Crippen LogP contribution in [-0.2, 0) is 0 Å². The van der Waals surface area contributed by atoms with Gasteiger partial charge in [-0.3, -0.25) is 0 Å². The predicted molar refractivity (Wildman–Crippen MR) is 63.4 cm³/mol. The molecule has 90 valence electrons. The summed E-state index contributed by atoms with van der Waals surface area (Å²) < 4.78 is 4.97. The molecule has 0 aromatic carbocycles. The van der Waals surface area contributed by atoms with Crippen LogP contribution in [0.3, 0.4) is 0 Å². The average molecular weight is 242 g/mol. The molecule has 2 aromatic heterocycles. The summed E-state index contributed by atoms with van der Waals surface area (Å²) in [5.41, 5.74) is 0.975. The Morgan fingerprint density at radius 2 is 2.11 bits per heavy atom. The van der Waals surface area contributed by atoms with Gasteiger partial charge in [-0.1, -0.05) is 0 Å². The molecule has 0 aliphatic heterocycles. The van der Waals surface area contributed by atoms with Crippen LogP contribution < -0.4 is 10.1 Å². The highest BCUT2D eigenvalue weighted by Gasteiger charge is 2.07. The van der Waals surface area contributed by atoms with E-state index >= 15 is 0 Å². The van der Waals surface area contributed by atoms with Crippen LogP contribution in [0.1, 0.15) is 11.4 Å². The Balaban J connectivity index is 2.28. The lowest BCUT2D eigenvalue weighted by molar-refractivity contribution is 0.394. The highest BCUT2D eigenvalue weighted by Crippen LogP contribution is 2.17. The number of nitrogens with zero attached hydrogens (tertiary/aromatic N) is 5. The first-order valence-electron chi connectivity index (χ1n) is 5.09. The molecule has 7 heteroatoms. The van der Waals surface area contributed by atoms with E-state index in [0.717, 1.165) is 5.69 Å². The van der Waals surface area contributed by atoms with Gasteiger partial charge in [-0.05, 0) is 6.92 Å². The van der Waals surface area contributed by atoms with Crippen LogP contribution in [-0.4, -0.2) is 27.0 Å². The topological polar surface area (TPSA) is 96.6 Å². The number of rotatable bonds is 3. The zero-order chi connectivity index (χ0) is 13.0. The van der Waals surface area contributed by atoms with E-state index in [9.17, 15) is 0 Å². The van der Waals surface area contributed by atoms with E-state index < -0.39 is 0 Å². The van der Waals surface area contributed by atoms with Crippen molar-refractivity contribution < 1.29 is 4.74 Å². The number of methoxy groups -OCH3 is 1. The van der Waals surface area contributed by atoms with Gasteiger partial charge < -0.3 is 10.1 Å². The number of anilines is 2. The molecule has 0 spiro atoms. The van der Waals surface area contributed by atoms with Gasteiger partial charge in [0.25, 0.3) is 5.88 Å². The van der Waals surface area contributed by atoms with Crippen molar-refractivity contribution in [2.45, 2.75) is 6.92 Å². The van der Waals surface area contributed by atoms with E-state index in [0.29, 0.717) is 11.6 Å². The highest BCUT2D eigenvalue weighted by atomic mass is 16.5. The molecule has 7 nitrogen and oxygen atoms in total. The second-order valence-corrected chi connectivity index (χ2v) is 3.39. The molecule has 2 rings (SSSR count). The molecule has 1 N–H and O–H groups in total. The Bertz CT molecular complexity index is 607. The fourth-order valence-corrected chi connectivity index (χ4v) is 1.31.